The van der Waals surface area contributed by atoms with E-state index in [0.29, 0.717) is 25.5 Å². The molecule has 0 aromatic carbocycles. The summed E-state index contributed by atoms with van der Waals surface area (Å²) in [5.41, 5.74) is 5.78. The molecule has 0 fully saturated rings. The molecule has 5 atom stereocenters. The number of carboxylic acids is 1. The van der Waals surface area contributed by atoms with Gasteiger partial charge in [-0.15, -0.1) is 0 Å². The van der Waals surface area contributed by atoms with Gasteiger partial charge in [0.05, 0.1) is 25.3 Å². The first-order valence-corrected chi connectivity index (χ1v) is 12.3. The van der Waals surface area contributed by atoms with Crippen LogP contribution < -0.4 is 27.0 Å². The predicted octanol–water partition coefficient (Wildman–Crippen LogP) is -2.46. The highest BCUT2D eigenvalue weighted by Gasteiger charge is 2.30. The fourth-order valence-electron chi connectivity index (χ4n) is 3.24. The van der Waals surface area contributed by atoms with Gasteiger partial charge in [-0.05, 0) is 25.2 Å². The molecule has 0 aliphatic heterocycles. The molecule has 0 unspecified atom stereocenters. The predicted molar refractivity (Wildman–Crippen MR) is 132 cm³/mol. The molecular formula is C23H41N5O9. The third-order valence-electron chi connectivity index (χ3n) is 5.33. The first-order valence-electron chi connectivity index (χ1n) is 12.3. The molecule has 4 amide bonds. The zero-order chi connectivity index (χ0) is 28.5. The molecule has 14 nitrogen and oxygen atoms in total. The minimum Gasteiger partial charge on any atom is -0.481 e. The highest BCUT2D eigenvalue weighted by molar-refractivity contribution is 5.95. The smallest absolute Gasteiger partial charge is 0.303 e. The number of hydrogen-bond acceptors (Lipinski definition) is 9. The second-order valence-electron chi connectivity index (χ2n) is 9.11. The first-order chi connectivity index (χ1) is 17.4. The maximum Gasteiger partial charge on any atom is 0.303 e. The van der Waals surface area contributed by atoms with Crippen LogP contribution in [0.15, 0.2) is 0 Å². The number of nitrogens with one attached hydrogen (secondary N) is 4. The van der Waals surface area contributed by atoms with Gasteiger partial charge >= 0.3 is 5.97 Å². The van der Waals surface area contributed by atoms with Gasteiger partial charge in [0.25, 0.3) is 0 Å². The van der Waals surface area contributed by atoms with E-state index in [0.717, 1.165) is 0 Å². The standard InChI is InChI=1S/C23H41N5O9/c1-4-5-6-16(21(35)25-14(10-29)7-8-19(32)33)26-22(36)18(12-31)28-23(37)17(11-30)27-20(34)15(24)9-13(2)3/h10,13-18,30-31H,4-9,11-12,24H2,1-3H3,(H,25,35)(H,26,36)(H,27,34)(H,28,37)(H,32,33)/t14-,15-,16-,17-,18-/m0/s1. The van der Waals surface area contributed by atoms with Crippen molar-refractivity contribution in [1.29, 1.82) is 0 Å². The van der Waals surface area contributed by atoms with Crippen LogP contribution in [0, 0.1) is 5.92 Å². The molecule has 0 radical (unpaired) electrons. The monoisotopic (exact) mass is 531 g/mol. The van der Waals surface area contributed by atoms with Crippen LogP contribution >= 0.6 is 0 Å². The topological polar surface area (TPSA) is 237 Å². The summed E-state index contributed by atoms with van der Waals surface area (Å²) in [6, 6.07) is -6.08. The van der Waals surface area contributed by atoms with Gasteiger partial charge in [-0.25, -0.2) is 0 Å². The molecule has 212 valence electrons. The van der Waals surface area contributed by atoms with E-state index in [9.17, 15) is 39.0 Å². The second-order valence-corrected chi connectivity index (χ2v) is 9.11. The Morgan fingerprint density at radius 2 is 1.30 bits per heavy atom. The fourth-order valence-corrected chi connectivity index (χ4v) is 3.24. The van der Waals surface area contributed by atoms with Gasteiger partial charge < -0.3 is 47.1 Å². The summed E-state index contributed by atoms with van der Waals surface area (Å²) in [4.78, 5) is 72.1. The van der Waals surface area contributed by atoms with Gasteiger partial charge in [0, 0.05) is 6.42 Å². The zero-order valence-corrected chi connectivity index (χ0v) is 21.6. The molecule has 0 spiro atoms. The maximum absolute atomic E-state index is 12.7. The first kappa shape index (κ1) is 33.9. The zero-order valence-electron chi connectivity index (χ0n) is 21.6. The van der Waals surface area contributed by atoms with Gasteiger partial charge in [-0.3, -0.25) is 24.0 Å². The number of hydrogen-bond donors (Lipinski definition) is 8. The molecule has 0 aromatic heterocycles. The van der Waals surface area contributed by atoms with Crippen molar-refractivity contribution in [3.8, 4) is 0 Å². The van der Waals surface area contributed by atoms with E-state index >= 15 is 0 Å². The van der Waals surface area contributed by atoms with Gasteiger partial charge in [0.15, 0.2) is 0 Å². The summed E-state index contributed by atoms with van der Waals surface area (Å²) < 4.78 is 0. The molecule has 0 bridgehead atoms. The Kier molecular flexibility index (Phi) is 16.7. The van der Waals surface area contributed by atoms with Crippen LogP contribution in [0.5, 0.6) is 0 Å². The lowest BCUT2D eigenvalue weighted by atomic mass is 10.0. The number of carboxylic acid groups (broad SMARTS) is 1. The lowest BCUT2D eigenvalue weighted by molar-refractivity contribution is -0.137. The highest BCUT2D eigenvalue weighted by Crippen LogP contribution is 2.05. The van der Waals surface area contributed by atoms with Crippen LogP contribution in [0.3, 0.4) is 0 Å². The molecule has 9 N–H and O–H groups in total. The van der Waals surface area contributed by atoms with Gasteiger partial charge in [0.1, 0.15) is 24.4 Å². The molecule has 0 saturated heterocycles. The SMILES string of the molecule is CCCC[C@H](NC(=O)[C@H](CO)NC(=O)[C@H](CO)NC(=O)[C@@H](N)CC(C)C)C(=O)N[C@H](C=O)CCC(=O)O. The van der Waals surface area contributed by atoms with E-state index in [1.807, 2.05) is 20.8 Å². The number of unbranched alkanes of at least 4 members (excludes halogenated alkanes) is 1. The van der Waals surface area contributed by atoms with Crippen LogP contribution in [-0.2, 0) is 28.8 Å². The van der Waals surface area contributed by atoms with Crippen LogP contribution in [0.4, 0.5) is 0 Å². The van der Waals surface area contributed by atoms with Crippen LogP contribution in [0.2, 0.25) is 0 Å². The normalized spacial score (nSPS) is 15.0. The van der Waals surface area contributed by atoms with E-state index in [1.165, 1.54) is 0 Å². The molecule has 0 heterocycles. The van der Waals surface area contributed by atoms with Crippen molar-refractivity contribution >= 4 is 35.9 Å². The Bertz CT molecular complexity index is 778. The van der Waals surface area contributed by atoms with Crippen LogP contribution in [0.25, 0.3) is 0 Å². The number of rotatable bonds is 19. The van der Waals surface area contributed by atoms with Gasteiger partial charge in [0.2, 0.25) is 23.6 Å². The molecular weight excluding hydrogens is 490 g/mol. The number of carbonyl (C=O) groups is 6. The van der Waals surface area contributed by atoms with E-state index in [4.69, 9.17) is 10.8 Å². The minimum absolute atomic E-state index is 0.112. The van der Waals surface area contributed by atoms with Crippen molar-refractivity contribution in [2.45, 2.75) is 89.5 Å². The van der Waals surface area contributed by atoms with E-state index in [-0.39, 0.29) is 25.2 Å². The summed E-state index contributed by atoms with van der Waals surface area (Å²) in [7, 11) is 0. The molecule has 14 heteroatoms. The Morgan fingerprint density at radius 1 is 0.811 bits per heavy atom. The van der Waals surface area contributed by atoms with Crippen molar-refractivity contribution < 1.29 is 44.1 Å². The lowest BCUT2D eigenvalue weighted by Gasteiger charge is -2.25. The van der Waals surface area contributed by atoms with Crippen molar-refractivity contribution in [2.24, 2.45) is 11.7 Å². The Hall–Kier alpha value is -3.10. The summed E-state index contributed by atoms with van der Waals surface area (Å²) in [5, 5.41) is 37.3. The Balaban J connectivity index is 5.28. The molecule has 0 aromatic rings. The quantitative estimate of drug-likeness (QED) is 0.0818. The molecule has 0 aliphatic carbocycles. The van der Waals surface area contributed by atoms with Crippen molar-refractivity contribution in [3.05, 3.63) is 0 Å². The lowest BCUT2D eigenvalue weighted by Crippen LogP contribution is -2.59. The molecule has 0 saturated carbocycles. The number of amides is 4. The number of aliphatic hydroxyl groups excluding tert-OH is 2. The second kappa shape index (κ2) is 18.2. The van der Waals surface area contributed by atoms with Crippen LogP contribution in [0.1, 0.15) is 59.3 Å². The van der Waals surface area contributed by atoms with Gasteiger partial charge in [-0.1, -0.05) is 33.6 Å². The third kappa shape index (κ3) is 13.7. The number of aldehydes is 1. The average Bonchev–Trinajstić information content (AvgIpc) is 2.84. The van der Waals surface area contributed by atoms with Crippen molar-refractivity contribution in [1.82, 2.24) is 21.3 Å². The summed E-state index contributed by atoms with van der Waals surface area (Å²) in [6.07, 6.45) is 1.62. The highest BCUT2D eigenvalue weighted by atomic mass is 16.4. The Morgan fingerprint density at radius 3 is 1.73 bits per heavy atom. The van der Waals surface area contributed by atoms with Crippen molar-refractivity contribution in [3.63, 3.8) is 0 Å². The fraction of sp³-hybridized carbons (Fsp3) is 0.739. The number of aliphatic hydroxyl groups is 2. The molecule has 0 rings (SSSR count). The summed E-state index contributed by atoms with van der Waals surface area (Å²) in [5.74, 6) is -4.30. The number of carbonyl (C=O) groups excluding carboxylic acids is 5. The largest absolute Gasteiger partial charge is 0.481 e. The maximum atomic E-state index is 12.7. The van der Waals surface area contributed by atoms with Crippen molar-refractivity contribution in [2.75, 3.05) is 13.2 Å². The van der Waals surface area contributed by atoms with E-state index in [2.05, 4.69) is 21.3 Å². The molecule has 0 aliphatic rings. The number of nitrogens with two attached hydrogens (primary N) is 1. The van der Waals surface area contributed by atoms with E-state index < -0.39 is 73.0 Å². The summed E-state index contributed by atoms with van der Waals surface area (Å²) >= 11 is 0. The summed E-state index contributed by atoms with van der Waals surface area (Å²) in [6.45, 7) is 3.92. The van der Waals surface area contributed by atoms with Crippen LogP contribution in [-0.4, -0.2) is 94.6 Å². The van der Waals surface area contributed by atoms with E-state index in [1.54, 1.807) is 0 Å². The Labute approximate surface area is 216 Å². The third-order valence-corrected chi connectivity index (χ3v) is 5.33. The minimum atomic E-state index is -1.52. The number of aliphatic carboxylic acids is 1. The molecule has 37 heavy (non-hydrogen) atoms. The van der Waals surface area contributed by atoms with Gasteiger partial charge in [-0.2, -0.15) is 0 Å². The average molecular weight is 532 g/mol.